The Morgan fingerprint density at radius 2 is 1.81 bits per heavy atom. The second-order valence-corrected chi connectivity index (χ2v) is 9.44. The average Bonchev–Trinajstić information content (AvgIpc) is 3.40. The third kappa shape index (κ3) is 4.60. The monoisotopic (exact) mass is 524 g/mol. The molecule has 2 aliphatic heterocycles. The van der Waals surface area contributed by atoms with Gasteiger partial charge in [0.2, 0.25) is 12.5 Å². The zero-order valence-corrected chi connectivity index (χ0v) is 20.0. The van der Waals surface area contributed by atoms with Gasteiger partial charge in [-0.1, -0.05) is 41.9 Å². The third-order valence-corrected chi connectivity index (χ3v) is 6.92. The molecule has 1 saturated heterocycles. The molecule has 0 spiro atoms. The molecule has 0 unspecified atom stereocenters. The number of thioether (sulfide) groups is 1. The van der Waals surface area contributed by atoms with Gasteiger partial charge >= 0.3 is 5.69 Å². The topological polar surface area (TPSA) is 119 Å². The Labute approximate surface area is 214 Å². The predicted molar refractivity (Wildman–Crippen MR) is 133 cm³/mol. The van der Waals surface area contributed by atoms with E-state index in [1.165, 1.54) is 12.1 Å². The van der Waals surface area contributed by atoms with Crippen molar-refractivity contribution in [2.24, 2.45) is 0 Å². The molecule has 0 aromatic heterocycles. The summed E-state index contributed by atoms with van der Waals surface area (Å²) in [5.41, 5.74) is 1.57. The van der Waals surface area contributed by atoms with E-state index < -0.39 is 27.5 Å². The first-order chi connectivity index (χ1) is 17.3. The number of nitro groups is 1. The standard InChI is InChI=1S/C25H17ClN2O7S/c26-18-11-21-20(34-13-35-21)9-17(18)12-27-24(30)22(36-25(27)31)10-16-7-15(6-14-4-2-1-3-5-14)8-19(23(16)29)28(32)33/h1-5,7-11,29H,6,12-13H2/b22-10-. The summed E-state index contributed by atoms with van der Waals surface area (Å²) in [6.45, 7) is -0.0456. The predicted octanol–water partition coefficient (Wildman–Crippen LogP) is 5.51. The van der Waals surface area contributed by atoms with Crippen molar-refractivity contribution in [2.45, 2.75) is 13.0 Å². The first-order valence-electron chi connectivity index (χ1n) is 10.7. The van der Waals surface area contributed by atoms with Crippen molar-refractivity contribution in [1.29, 1.82) is 0 Å². The number of carbonyl (C=O) groups is 2. The maximum Gasteiger partial charge on any atom is 0.311 e. The third-order valence-electron chi connectivity index (χ3n) is 5.66. The molecular formula is C25H17ClN2O7S. The minimum absolute atomic E-state index is 0.0262. The van der Waals surface area contributed by atoms with Crippen molar-refractivity contribution in [3.05, 3.63) is 96.9 Å². The van der Waals surface area contributed by atoms with Gasteiger partial charge in [0.15, 0.2) is 11.5 Å². The van der Waals surface area contributed by atoms with Crippen LogP contribution in [0.25, 0.3) is 6.08 Å². The van der Waals surface area contributed by atoms with Crippen LogP contribution in [0, 0.1) is 10.1 Å². The molecule has 0 radical (unpaired) electrons. The molecule has 0 bridgehead atoms. The molecule has 182 valence electrons. The molecule has 1 N–H and O–H groups in total. The first-order valence-corrected chi connectivity index (χ1v) is 11.9. The van der Waals surface area contributed by atoms with E-state index in [0.717, 1.165) is 10.5 Å². The maximum absolute atomic E-state index is 13.1. The molecular weight excluding hydrogens is 508 g/mol. The summed E-state index contributed by atoms with van der Waals surface area (Å²) in [5.74, 6) is -0.244. The van der Waals surface area contributed by atoms with Gasteiger partial charge in [-0.25, -0.2) is 0 Å². The molecule has 1 fully saturated rings. The molecule has 36 heavy (non-hydrogen) atoms. The van der Waals surface area contributed by atoms with Crippen molar-refractivity contribution in [1.82, 2.24) is 4.90 Å². The summed E-state index contributed by atoms with van der Waals surface area (Å²) >= 11 is 6.98. The highest BCUT2D eigenvalue weighted by atomic mass is 35.5. The van der Waals surface area contributed by atoms with Crippen molar-refractivity contribution in [2.75, 3.05) is 6.79 Å². The van der Waals surface area contributed by atoms with Gasteiger partial charge in [0, 0.05) is 22.7 Å². The van der Waals surface area contributed by atoms with E-state index >= 15 is 0 Å². The van der Waals surface area contributed by atoms with Gasteiger partial charge in [-0.2, -0.15) is 0 Å². The van der Waals surface area contributed by atoms with Gasteiger partial charge in [0.05, 0.1) is 16.4 Å². The summed E-state index contributed by atoms with van der Waals surface area (Å²) in [6, 6.07) is 15.4. The average molecular weight is 525 g/mol. The lowest BCUT2D eigenvalue weighted by atomic mass is 10.0. The Bertz CT molecular complexity index is 1440. The van der Waals surface area contributed by atoms with E-state index in [1.54, 1.807) is 18.2 Å². The number of phenols is 1. The fourth-order valence-electron chi connectivity index (χ4n) is 3.91. The van der Waals surface area contributed by atoms with Crippen LogP contribution in [0.2, 0.25) is 5.02 Å². The fourth-order valence-corrected chi connectivity index (χ4v) is 4.96. The lowest BCUT2D eigenvalue weighted by Gasteiger charge is -2.14. The van der Waals surface area contributed by atoms with E-state index in [1.807, 2.05) is 30.3 Å². The van der Waals surface area contributed by atoms with E-state index in [0.29, 0.717) is 45.8 Å². The summed E-state index contributed by atoms with van der Waals surface area (Å²) in [7, 11) is 0. The molecule has 2 aliphatic rings. The molecule has 0 saturated carbocycles. The summed E-state index contributed by atoms with van der Waals surface area (Å²) in [6.07, 6.45) is 1.68. The van der Waals surface area contributed by atoms with Crippen molar-refractivity contribution in [3.8, 4) is 17.2 Å². The van der Waals surface area contributed by atoms with E-state index in [-0.39, 0.29) is 23.8 Å². The SMILES string of the molecule is O=C1S/C(=C\c2cc(Cc3ccccc3)cc([N+](=O)[O-])c2O)C(=O)N1Cc1cc2c(cc1Cl)OCO2. The van der Waals surface area contributed by atoms with Crippen LogP contribution in [-0.4, -0.2) is 32.9 Å². The van der Waals surface area contributed by atoms with Gasteiger partial charge in [0.1, 0.15) is 0 Å². The fraction of sp³-hybridized carbons (Fsp3) is 0.120. The first kappa shape index (κ1) is 23.7. The number of nitrogens with zero attached hydrogens (tertiary/aromatic N) is 2. The number of nitro benzene ring substituents is 1. The number of hydrogen-bond donors (Lipinski definition) is 1. The Balaban J connectivity index is 1.45. The summed E-state index contributed by atoms with van der Waals surface area (Å²) in [4.78, 5) is 37.6. The Kier molecular flexibility index (Phi) is 6.29. The zero-order valence-electron chi connectivity index (χ0n) is 18.5. The van der Waals surface area contributed by atoms with E-state index in [4.69, 9.17) is 21.1 Å². The number of aromatic hydroxyl groups is 1. The number of fused-ring (bicyclic) bond motifs is 1. The number of ether oxygens (including phenoxy) is 2. The van der Waals surface area contributed by atoms with Crippen LogP contribution < -0.4 is 9.47 Å². The molecule has 2 amide bonds. The molecule has 9 nitrogen and oxygen atoms in total. The number of benzene rings is 3. The molecule has 0 atom stereocenters. The zero-order chi connectivity index (χ0) is 25.4. The lowest BCUT2D eigenvalue weighted by Crippen LogP contribution is -2.27. The van der Waals surface area contributed by atoms with Crippen LogP contribution in [-0.2, 0) is 17.8 Å². The smallest absolute Gasteiger partial charge is 0.311 e. The molecule has 3 aromatic carbocycles. The van der Waals surface area contributed by atoms with Crippen LogP contribution >= 0.6 is 23.4 Å². The largest absolute Gasteiger partial charge is 0.502 e. The second kappa shape index (κ2) is 9.56. The molecule has 2 heterocycles. The molecule has 5 rings (SSSR count). The Morgan fingerprint density at radius 3 is 2.53 bits per heavy atom. The van der Waals surface area contributed by atoms with Gasteiger partial charge in [-0.15, -0.1) is 0 Å². The second-order valence-electron chi connectivity index (χ2n) is 8.04. The van der Waals surface area contributed by atoms with Crippen molar-refractivity contribution < 1.29 is 29.1 Å². The number of hydrogen-bond acceptors (Lipinski definition) is 8. The number of imide groups is 1. The number of carbonyl (C=O) groups excluding carboxylic acids is 2. The highest BCUT2D eigenvalue weighted by Crippen LogP contribution is 2.41. The summed E-state index contributed by atoms with van der Waals surface area (Å²) < 4.78 is 10.6. The highest BCUT2D eigenvalue weighted by molar-refractivity contribution is 8.18. The minimum atomic E-state index is -0.686. The van der Waals surface area contributed by atoms with Crippen LogP contribution in [0.1, 0.15) is 22.3 Å². The van der Waals surface area contributed by atoms with E-state index in [2.05, 4.69) is 0 Å². The summed E-state index contributed by atoms with van der Waals surface area (Å²) in [5, 5.41) is 21.9. The van der Waals surface area contributed by atoms with Crippen LogP contribution in [0.3, 0.4) is 0 Å². The van der Waals surface area contributed by atoms with Gasteiger partial charge in [-0.3, -0.25) is 24.6 Å². The van der Waals surface area contributed by atoms with Crippen molar-refractivity contribution in [3.63, 3.8) is 0 Å². The highest BCUT2D eigenvalue weighted by Gasteiger charge is 2.36. The van der Waals surface area contributed by atoms with Crippen LogP contribution in [0.5, 0.6) is 17.2 Å². The van der Waals surface area contributed by atoms with E-state index in [9.17, 15) is 24.8 Å². The maximum atomic E-state index is 13.1. The Morgan fingerprint density at radius 1 is 1.08 bits per heavy atom. The lowest BCUT2D eigenvalue weighted by molar-refractivity contribution is -0.385. The molecule has 0 aliphatic carbocycles. The molecule has 3 aromatic rings. The quantitative estimate of drug-likeness (QED) is 0.255. The van der Waals surface area contributed by atoms with Crippen LogP contribution in [0.15, 0.2) is 59.5 Å². The van der Waals surface area contributed by atoms with Gasteiger partial charge in [-0.05, 0) is 53.1 Å². The number of phenolic OH excluding ortho intramolecular Hbond substituents is 1. The van der Waals surface area contributed by atoms with Crippen molar-refractivity contribution >= 4 is 46.3 Å². The number of rotatable bonds is 6. The number of halogens is 1. The van der Waals surface area contributed by atoms with Gasteiger partial charge in [0.25, 0.3) is 11.1 Å². The normalized spacial score (nSPS) is 15.7. The minimum Gasteiger partial charge on any atom is -0.502 e. The molecule has 11 heteroatoms. The van der Waals surface area contributed by atoms with Gasteiger partial charge < -0.3 is 14.6 Å². The number of amides is 2. The van der Waals surface area contributed by atoms with Crippen LogP contribution in [0.4, 0.5) is 10.5 Å². The Hall–Kier alpha value is -4.02.